The van der Waals surface area contributed by atoms with E-state index >= 15 is 0 Å². The Labute approximate surface area is 173 Å². The number of benzene rings is 2. The average molecular weight is 410 g/mol. The molecule has 0 fully saturated rings. The zero-order valence-corrected chi connectivity index (χ0v) is 16.5. The number of fused-ring (bicyclic) bond motifs is 1. The van der Waals surface area contributed by atoms with E-state index in [4.69, 9.17) is 9.47 Å². The summed E-state index contributed by atoms with van der Waals surface area (Å²) in [5.41, 5.74) is 0.851. The van der Waals surface area contributed by atoms with Crippen LogP contribution < -0.4 is 20.1 Å². The smallest absolute Gasteiger partial charge is 0.326 e. The van der Waals surface area contributed by atoms with E-state index in [-0.39, 0.29) is 18.4 Å². The van der Waals surface area contributed by atoms with E-state index < -0.39 is 23.8 Å². The van der Waals surface area contributed by atoms with Crippen molar-refractivity contribution in [1.82, 2.24) is 10.6 Å². The third-order valence-electron chi connectivity index (χ3n) is 4.46. The van der Waals surface area contributed by atoms with Crippen molar-refractivity contribution in [2.45, 2.75) is 19.9 Å². The Balaban J connectivity index is 1.90. The number of amides is 2. The number of nitrogens with one attached hydrogen (secondary N) is 2. The molecule has 8 heteroatoms. The summed E-state index contributed by atoms with van der Waals surface area (Å²) >= 11 is 0. The normalized spacial score (nSPS) is 13.6. The Bertz CT molecular complexity index is 984. The van der Waals surface area contributed by atoms with E-state index in [0.717, 1.165) is 0 Å². The topological polar surface area (TPSA) is 114 Å². The number of ether oxygens (including phenoxy) is 2. The predicted molar refractivity (Wildman–Crippen MR) is 109 cm³/mol. The summed E-state index contributed by atoms with van der Waals surface area (Å²) in [5.74, 6) is -1.61. The maximum atomic E-state index is 12.9. The highest BCUT2D eigenvalue weighted by atomic mass is 16.7. The molecular formula is C22H22N2O6. The second-order valence-electron chi connectivity index (χ2n) is 7.02. The lowest BCUT2D eigenvalue weighted by atomic mass is 10.0. The van der Waals surface area contributed by atoms with Gasteiger partial charge in [0.05, 0.1) is 0 Å². The third-order valence-corrected chi connectivity index (χ3v) is 4.46. The minimum absolute atomic E-state index is 0.0883. The number of carbonyl (C=O) groups excluding carboxylic acids is 2. The van der Waals surface area contributed by atoms with Crippen molar-refractivity contribution in [1.29, 1.82) is 0 Å². The van der Waals surface area contributed by atoms with Crippen LogP contribution >= 0.6 is 0 Å². The molecule has 3 rings (SSSR count). The van der Waals surface area contributed by atoms with E-state index in [2.05, 4.69) is 10.6 Å². The molecule has 1 heterocycles. The summed E-state index contributed by atoms with van der Waals surface area (Å²) < 4.78 is 10.6. The summed E-state index contributed by atoms with van der Waals surface area (Å²) in [6.45, 7) is 3.47. The zero-order chi connectivity index (χ0) is 21.7. The average Bonchev–Trinajstić information content (AvgIpc) is 3.19. The van der Waals surface area contributed by atoms with Crippen LogP contribution in [0.5, 0.6) is 11.5 Å². The fourth-order valence-corrected chi connectivity index (χ4v) is 2.84. The second kappa shape index (κ2) is 9.13. The van der Waals surface area contributed by atoms with Gasteiger partial charge < -0.3 is 25.2 Å². The van der Waals surface area contributed by atoms with E-state index in [1.54, 1.807) is 62.4 Å². The first-order chi connectivity index (χ1) is 14.3. The number of hydrogen-bond acceptors (Lipinski definition) is 5. The Morgan fingerprint density at radius 1 is 1.03 bits per heavy atom. The predicted octanol–water partition coefficient (Wildman–Crippen LogP) is 2.41. The van der Waals surface area contributed by atoms with Gasteiger partial charge in [0.2, 0.25) is 6.79 Å². The molecular weight excluding hydrogens is 388 g/mol. The van der Waals surface area contributed by atoms with E-state index in [1.165, 1.54) is 6.08 Å². The first-order valence-corrected chi connectivity index (χ1v) is 9.36. The lowest BCUT2D eigenvalue weighted by molar-refractivity contribution is -0.142. The molecule has 0 saturated carbocycles. The molecule has 2 amide bonds. The standard InChI is InChI=1S/C22H22N2O6/c1-13(2)19(22(27)28)24-21(26)16(23-20(25)15-6-4-3-5-7-15)10-14-8-9-17-18(11-14)30-12-29-17/h3-11,13,19H,12H2,1-2H3,(H,23,25)(H,24,26)(H,27,28)/b16-10-. The molecule has 0 bridgehead atoms. The molecule has 30 heavy (non-hydrogen) atoms. The lowest BCUT2D eigenvalue weighted by Gasteiger charge is -2.19. The summed E-state index contributed by atoms with van der Waals surface area (Å²) in [5, 5.41) is 14.4. The van der Waals surface area contributed by atoms with E-state index in [1.807, 2.05) is 0 Å². The number of rotatable bonds is 7. The molecule has 1 aliphatic heterocycles. The van der Waals surface area contributed by atoms with Crippen molar-refractivity contribution < 1.29 is 29.0 Å². The summed E-state index contributed by atoms with van der Waals surface area (Å²) in [4.78, 5) is 36.9. The van der Waals surface area contributed by atoms with Crippen LogP contribution in [0.3, 0.4) is 0 Å². The minimum atomic E-state index is -1.16. The number of carboxylic acid groups (broad SMARTS) is 1. The number of carbonyl (C=O) groups is 3. The first kappa shape index (κ1) is 20.9. The molecule has 0 radical (unpaired) electrons. The Hall–Kier alpha value is -3.81. The summed E-state index contributed by atoms with van der Waals surface area (Å²) in [6.07, 6.45) is 1.46. The molecule has 3 N–H and O–H groups in total. The second-order valence-corrected chi connectivity index (χ2v) is 7.02. The molecule has 0 aliphatic carbocycles. The van der Waals surface area contributed by atoms with Crippen molar-refractivity contribution >= 4 is 23.9 Å². The van der Waals surface area contributed by atoms with Crippen LogP contribution in [0.1, 0.15) is 29.8 Å². The molecule has 156 valence electrons. The zero-order valence-electron chi connectivity index (χ0n) is 16.5. The molecule has 2 aromatic rings. The highest BCUT2D eigenvalue weighted by Gasteiger charge is 2.26. The quantitative estimate of drug-likeness (QED) is 0.604. The maximum absolute atomic E-state index is 12.9. The Morgan fingerprint density at radius 2 is 1.73 bits per heavy atom. The number of aliphatic carboxylic acids is 1. The van der Waals surface area contributed by atoms with Crippen molar-refractivity contribution in [3.8, 4) is 11.5 Å². The molecule has 1 aliphatic rings. The van der Waals surface area contributed by atoms with Crippen LogP contribution in [0, 0.1) is 5.92 Å². The maximum Gasteiger partial charge on any atom is 0.326 e. The third kappa shape index (κ3) is 4.96. The molecule has 1 atom stereocenters. The van der Waals surface area contributed by atoms with Crippen molar-refractivity contribution in [3.05, 3.63) is 65.4 Å². The molecule has 2 aromatic carbocycles. The highest BCUT2D eigenvalue weighted by molar-refractivity contribution is 6.06. The van der Waals surface area contributed by atoms with Gasteiger partial charge in [-0.15, -0.1) is 0 Å². The van der Waals surface area contributed by atoms with Gasteiger partial charge in [-0.25, -0.2) is 4.79 Å². The van der Waals surface area contributed by atoms with Gasteiger partial charge in [0.1, 0.15) is 11.7 Å². The van der Waals surface area contributed by atoms with Gasteiger partial charge in [0, 0.05) is 5.56 Å². The van der Waals surface area contributed by atoms with Crippen molar-refractivity contribution in [2.24, 2.45) is 5.92 Å². The van der Waals surface area contributed by atoms with Crippen LogP contribution in [-0.4, -0.2) is 35.7 Å². The highest BCUT2D eigenvalue weighted by Crippen LogP contribution is 2.33. The van der Waals surface area contributed by atoms with Crippen LogP contribution in [0.4, 0.5) is 0 Å². The van der Waals surface area contributed by atoms with Crippen molar-refractivity contribution in [2.75, 3.05) is 6.79 Å². The van der Waals surface area contributed by atoms with Gasteiger partial charge in [-0.2, -0.15) is 0 Å². The Morgan fingerprint density at radius 3 is 2.40 bits per heavy atom. The minimum Gasteiger partial charge on any atom is -0.480 e. The molecule has 0 spiro atoms. The number of hydrogen-bond donors (Lipinski definition) is 3. The van der Waals surface area contributed by atoms with Crippen LogP contribution in [0.2, 0.25) is 0 Å². The van der Waals surface area contributed by atoms with Gasteiger partial charge >= 0.3 is 5.97 Å². The summed E-state index contributed by atoms with van der Waals surface area (Å²) in [6, 6.07) is 12.4. The van der Waals surface area contributed by atoms with Crippen LogP contribution in [0.25, 0.3) is 6.08 Å². The fourth-order valence-electron chi connectivity index (χ4n) is 2.84. The molecule has 8 nitrogen and oxygen atoms in total. The lowest BCUT2D eigenvalue weighted by Crippen LogP contribution is -2.47. The van der Waals surface area contributed by atoms with Crippen LogP contribution in [-0.2, 0) is 9.59 Å². The largest absolute Gasteiger partial charge is 0.480 e. The molecule has 0 saturated heterocycles. The fraction of sp³-hybridized carbons (Fsp3) is 0.227. The van der Waals surface area contributed by atoms with Gasteiger partial charge in [-0.3, -0.25) is 9.59 Å². The molecule has 0 aromatic heterocycles. The van der Waals surface area contributed by atoms with Crippen molar-refractivity contribution in [3.63, 3.8) is 0 Å². The Kier molecular flexibility index (Phi) is 6.36. The summed E-state index contributed by atoms with van der Waals surface area (Å²) in [7, 11) is 0. The molecule has 1 unspecified atom stereocenters. The van der Waals surface area contributed by atoms with Gasteiger partial charge in [0.25, 0.3) is 11.8 Å². The van der Waals surface area contributed by atoms with Gasteiger partial charge in [-0.05, 0) is 41.8 Å². The monoisotopic (exact) mass is 410 g/mol. The van der Waals surface area contributed by atoms with E-state index in [9.17, 15) is 19.5 Å². The first-order valence-electron chi connectivity index (χ1n) is 9.36. The van der Waals surface area contributed by atoms with Gasteiger partial charge in [0.15, 0.2) is 11.5 Å². The van der Waals surface area contributed by atoms with Gasteiger partial charge in [-0.1, -0.05) is 38.1 Å². The SMILES string of the molecule is CC(C)C(NC(=O)/C(=C/c1ccc2c(c1)OCO2)NC(=O)c1ccccc1)C(=O)O. The number of carboxylic acids is 1. The van der Waals surface area contributed by atoms with Crippen LogP contribution in [0.15, 0.2) is 54.2 Å². The van der Waals surface area contributed by atoms with E-state index in [0.29, 0.717) is 22.6 Å².